The number of alkyl halides is 6. The van der Waals surface area contributed by atoms with Gasteiger partial charge >= 0.3 is 12.4 Å². The highest BCUT2D eigenvalue weighted by Gasteiger charge is 2.34. The second kappa shape index (κ2) is 16.2. The summed E-state index contributed by atoms with van der Waals surface area (Å²) in [6.45, 7) is 2.96. The smallest absolute Gasteiger partial charge is 0.264 e. The summed E-state index contributed by atoms with van der Waals surface area (Å²) in [7, 11) is -7.43. The third kappa shape index (κ3) is 8.77. The second-order valence-corrected chi connectivity index (χ2v) is 17.7. The number of aromatic nitrogens is 10. The summed E-state index contributed by atoms with van der Waals surface area (Å²) in [5.41, 5.74) is -0.204. The molecule has 0 aliphatic rings. The Hall–Kier alpha value is -6.39. The minimum Gasteiger partial charge on any atom is -0.264 e. The van der Waals surface area contributed by atoms with Gasteiger partial charge in [0.15, 0.2) is 31.3 Å². The van der Waals surface area contributed by atoms with E-state index in [1.165, 1.54) is 38.2 Å². The van der Waals surface area contributed by atoms with E-state index in [0.29, 0.717) is 27.9 Å². The van der Waals surface area contributed by atoms with Gasteiger partial charge in [-0.15, -0.1) is 0 Å². The third-order valence-corrected chi connectivity index (χ3v) is 12.8. The van der Waals surface area contributed by atoms with Crippen LogP contribution < -0.4 is 0 Å². The van der Waals surface area contributed by atoms with Crippen LogP contribution in [0.3, 0.4) is 0 Å². The average Bonchev–Trinajstić information content (AvgIpc) is 3.83. The molecule has 8 heterocycles. The third-order valence-electron chi connectivity index (χ3n) is 8.91. The van der Waals surface area contributed by atoms with Gasteiger partial charge in [0.05, 0.1) is 39.3 Å². The molecule has 0 aliphatic heterocycles. The fourth-order valence-electron chi connectivity index (χ4n) is 5.76. The molecule has 14 nitrogen and oxygen atoms in total. The molecule has 0 radical (unpaired) electrons. The summed E-state index contributed by atoms with van der Waals surface area (Å²) >= 11 is 6.35. The maximum atomic E-state index is 13.0. The zero-order chi connectivity index (χ0) is 43.9. The van der Waals surface area contributed by atoms with Crippen molar-refractivity contribution in [1.82, 2.24) is 49.5 Å². The minimum atomic E-state index is -4.67. The van der Waals surface area contributed by atoms with Crippen LogP contribution in [0.2, 0.25) is 5.15 Å². The van der Waals surface area contributed by atoms with Gasteiger partial charge in [-0.05, 0) is 60.7 Å². The highest BCUT2D eigenvalue weighted by atomic mass is 35.5. The first-order valence-corrected chi connectivity index (χ1v) is 21.3. The van der Waals surface area contributed by atoms with E-state index in [1.54, 1.807) is 55.1 Å². The second-order valence-electron chi connectivity index (χ2n) is 12.8. The molecule has 0 fully saturated rings. The summed E-state index contributed by atoms with van der Waals surface area (Å²) < 4.78 is 131. The van der Waals surface area contributed by atoms with Gasteiger partial charge in [0.1, 0.15) is 26.3 Å². The van der Waals surface area contributed by atoms with Crippen LogP contribution in [0.5, 0.6) is 0 Å². The van der Waals surface area contributed by atoms with Crippen LogP contribution in [0.4, 0.5) is 26.3 Å². The van der Waals surface area contributed by atoms with E-state index in [1.807, 2.05) is 0 Å². The highest BCUT2D eigenvalue weighted by molar-refractivity contribution is 7.91. The molecule has 0 spiro atoms. The molecule has 0 aromatic carbocycles. The molecule has 0 saturated carbocycles. The molecule has 61 heavy (non-hydrogen) atoms. The lowest BCUT2D eigenvalue weighted by molar-refractivity contribution is -0.141. The molecule has 0 saturated heterocycles. The normalized spacial score (nSPS) is 12.4. The summed E-state index contributed by atoms with van der Waals surface area (Å²) in [5.74, 6) is -0.526. The van der Waals surface area contributed by atoms with E-state index >= 15 is 0 Å². The van der Waals surface area contributed by atoms with Gasteiger partial charge in [-0.2, -0.15) is 36.5 Å². The Morgan fingerprint density at radius 1 is 0.639 bits per heavy atom. The Kier molecular flexibility index (Phi) is 11.4. The van der Waals surface area contributed by atoms with Crippen molar-refractivity contribution in [2.75, 3.05) is 11.5 Å². The molecule has 8 rings (SSSR count). The number of rotatable bonds is 8. The van der Waals surface area contributed by atoms with Gasteiger partial charge in [0.2, 0.25) is 0 Å². The lowest BCUT2D eigenvalue weighted by Crippen LogP contribution is -2.12. The predicted molar refractivity (Wildman–Crippen MR) is 210 cm³/mol. The van der Waals surface area contributed by atoms with Crippen molar-refractivity contribution in [3.05, 3.63) is 121 Å². The fraction of sp³-hybridized carbons (Fsp3) is 0.158. The van der Waals surface area contributed by atoms with Crippen molar-refractivity contribution in [3.8, 4) is 34.2 Å². The lowest BCUT2D eigenvalue weighted by Gasteiger charge is -2.11. The largest absolute Gasteiger partial charge is 0.433 e. The van der Waals surface area contributed by atoms with Crippen molar-refractivity contribution in [3.63, 3.8) is 0 Å². The van der Waals surface area contributed by atoms with E-state index in [0.717, 1.165) is 33.9 Å². The van der Waals surface area contributed by atoms with Crippen molar-refractivity contribution in [1.29, 1.82) is 0 Å². The SMILES string of the molecule is CCS(=O)(=O)c1ccc(-c2cccnc2)nc1-n1cc2cnc(C(F)(F)F)cc2n1.CCS(=O)(=O)c1ccc(-c2cccnc2)nc1-n1nc2cc(C(F)(F)F)ncc2c1Cl. The molecular weight excluding hydrogens is 874 g/mol. The van der Waals surface area contributed by atoms with Gasteiger partial charge in [-0.1, -0.05) is 25.4 Å². The zero-order valence-electron chi connectivity index (χ0n) is 31.3. The molecule has 23 heteroatoms. The van der Waals surface area contributed by atoms with Gasteiger partial charge in [-0.3, -0.25) is 19.9 Å². The number of sulfone groups is 2. The maximum Gasteiger partial charge on any atom is 0.433 e. The number of fused-ring (bicyclic) bond motifs is 2. The Morgan fingerprint density at radius 3 is 1.66 bits per heavy atom. The van der Waals surface area contributed by atoms with E-state index in [4.69, 9.17) is 11.6 Å². The molecule has 0 aliphatic carbocycles. The summed E-state index contributed by atoms with van der Waals surface area (Å²) in [4.78, 5) is 23.5. The predicted octanol–water partition coefficient (Wildman–Crippen LogP) is 8.03. The van der Waals surface area contributed by atoms with E-state index in [-0.39, 0.29) is 54.5 Å². The molecule has 8 aromatic heterocycles. The first-order valence-electron chi connectivity index (χ1n) is 17.6. The topological polar surface area (TPSA) is 181 Å². The van der Waals surface area contributed by atoms with Gasteiger partial charge in [0.25, 0.3) is 0 Å². The van der Waals surface area contributed by atoms with Crippen LogP contribution in [0.15, 0.2) is 114 Å². The van der Waals surface area contributed by atoms with E-state index < -0.39 is 43.4 Å². The first-order chi connectivity index (χ1) is 28.8. The number of hydrogen-bond acceptors (Lipinski definition) is 12. The Bertz CT molecular complexity index is 3150. The van der Waals surface area contributed by atoms with Crippen LogP contribution in [0.1, 0.15) is 25.2 Å². The molecule has 0 atom stereocenters. The standard InChI is InChI=1S/C19H13ClF3N5O2S.C19H14F3N5O2S/c1-2-31(29,30)15-6-5-13(11-4-3-7-24-9-11)26-18(15)28-17(20)12-10-25-16(19(21,22)23)8-14(12)27-28;1-2-30(28,29)16-6-5-14(12-4-3-7-23-9-12)25-18(16)27-11-13-10-24-17(19(20,21)22)8-15(13)26-27/h3-10H,2H2,1H3;3-11H,2H2,1H3. The number of pyridine rings is 6. The Morgan fingerprint density at radius 2 is 1.15 bits per heavy atom. The molecule has 314 valence electrons. The van der Waals surface area contributed by atoms with E-state index in [9.17, 15) is 43.2 Å². The molecular formula is C38H27ClF6N10O4S2. The quantitative estimate of drug-likeness (QED) is 0.134. The Balaban J connectivity index is 0.000000184. The monoisotopic (exact) mass is 900 g/mol. The average molecular weight is 901 g/mol. The summed E-state index contributed by atoms with van der Waals surface area (Å²) in [6.07, 6.45) is 0.372. The van der Waals surface area contributed by atoms with Crippen LogP contribution in [-0.2, 0) is 32.0 Å². The molecule has 0 unspecified atom stereocenters. The molecule has 0 amide bonds. The molecule has 0 bridgehead atoms. The number of hydrogen-bond donors (Lipinski definition) is 0. The lowest BCUT2D eigenvalue weighted by atomic mass is 10.2. The van der Waals surface area contributed by atoms with Crippen LogP contribution in [-0.4, -0.2) is 77.8 Å². The van der Waals surface area contributed by atoms with Gasteiger partial charge in [-0.25, -0.2) is 36.2 Å². The number of halogens is 7. The van der Waals surface area contributed by atoms with Crippen molar-refractivity contribution in [2.24, 2.45) is 0 Å². The van der Waals surface area contributed by atoms with Crippen molar-refractivity contribution in [2.45, 2.75) is 36.0 Å². The first kappa shape index (κ1) is 42.7. The highest BCUT2D eigenvalue weighted by Crippen LogP contribution is 2.35. The number of nitrogens with zero attached hydrogens (tertiary/aromatic N) is 10. The zero-order valence-corrected chi connectivity index (χ0v) is 33.7. The van der Waals surface area contributed by atoms with Crippen LogP contribution >= 0.6 is 11.6 Å². The fourth-order valence-corrected chi connectivity index (χ4v) is 8.03. The Labute approximate surface area is 346 Å². The van der Waals surface area contributed by atoms with E-state index in [2.05, 4.69) is 40.1 Å². The van der Waals surface area contributed by atoms with Gasteiger partial charge < -0.3 is 0 Å². The minimum absolute atomic E-state index is 0.0111. The molecule has 0 N–H and O–H groups in total. The molecule has 8 aromatic rings. The van der Waals surface area contributed by atoms with Crippen LogP contribution in [0.25, 0.3) is 56.0 Å². The summed E-state index contributed by atoms with van der Waals surface area (Å²) in [6, 6.07) is 14.3. The van der Waals surface area contributed by atoms with Crippen molar-refractivity contribution < 1.29 is 43.2 Å². The van der Waals surface area contributed by atoms with Gasteiger partial charge in [0, 0.05) is 59.9 Å². The van der Waals surface area contributed by atoms with Crippen LogP contribution in [0, 0.1) is 0 Å². The summed E-state index contributed by atoms with van der Waals surface area (Å²) in [5, 5.41) is 8.57. The van der Waals surface area contributed by atoms with Crippen molar-refractivity contribution >= 4 is 53.1 Å². The maximum absolute atomic E-state index is 13.0.